The van der Waals surface area contributed by atoms with Crippen LogP contribution in [-0.4, -0.2) is 16.2 Å². The molecule has 2 fully saturated rings. The summed E-state index contributed by atoms with van der Waals surface area (Å²) < 4.78 is 0. The molecule has 0 saturated heterocycles. The second-order valence-corrected chi connectivity index (χ2v) is 12.0. The van der Waals surface area contributed by atoms with E-state index in [9.17, 15) is 5.11 Å². The van der Waals surface area contributed by atoms with Gasteiger partial charge in [-0.25, -0.2) is 4.98 Å². The minimum Gasteiger partial charge on any atom is -0.393 e. The first kappa shape index (κ1) is 19.5. The van der Waals surface area contributed by atoms with E-state index in [1.807, 2.05) is 29.5 Å². The lowest BCUT2D eigenvalue weighted by molar-refractivity contribution is -0.0579. The Bertz CT molecular complexity index is 1040. The molecule has 0 bridgehead atoms. The van der Waals surface area contributed by atoms with Crippen molar-refractivity contribution in [2.75, 3.05) is 0 Å². The molecule has 1 heterocycles. The number of thiazole rings is 1. The van der Waals surface area contributed by atoms with Crippen molar-refractivity contribution in [1.82, 2.24) is 4.98 Å². The molecule has 0 spiro atoms. The maximum Gasteiger partial charge on any atom is 0.125 e. The molecular formula is C26H30ClNOS. The second kappa shape index (κ2) is 6.67. The van der Waals surface area contributed by atoms with Gasteiger partial charge in [-0.15, -0.1) is 11.3 Å². The zero-order valence-corrected chi connectivity index (χ0v) is 19.4. The van der Waals surface area contributed by atoms with Gasteiger partial charge in [0.25, 0.3) is 0 Å². The zero-order valence-electron chi connectivity index (χ0n) is 17.8. The SMILES string of the molecule is C[C@]12CCc3nc(-c4ccccc4Cl)sc3C1=CC[C@@H]1[C@@H]2CC[C@]2(C)C(O)CC[C@@H]12. The van der Waals surface area contributed by atoms with Crippen LogP contribution in [0.25, 0.3) is 16.1 Å². The number of hydrogen-bond donors (Lipinski definition) is 1. The number of aliphatic hydroxyl groups is 1. The Labute approximate surface area is 188 Å². The van der Waals surface area contributed by atoms with Gasteiger partial charge >= 0.3 is 0 Å². The smallest absolute Gasteiger partial charge is 0.125 e. The van der Waals surface area contributed by atoms with Gasteiger partial charge in [-0.1, -0.05) is 49.7 Å². The van der Waals surface area contributed by atoms with Crippen LogP contribution in [0.1, 0.15) is 62.9 Å². The molecular weight excluding hydrogens is 410 g/mol. The lowest BCUT2D eigenvalue weighted by Gasteiger charge is -2.56. The van der Waals surface area contributed by atoms with Gasteiger partial charge in [0.15, 0.2) is 0 Å². The molecule has 30 heavy (non-hydrogen) atoms. The van der Waals surface area contributed by atoms with Crippen LogP contribution in [0.15, 0.2) is 30.3 Å². The van der Waals surface area contributed by atoms with Gasteiger partial charge in [0.1, 0.15) is 5.01 Å². The fourth-order valence-corrected chi connectivity index (χ4v) is 9.21. The molecule has 2 saturated carbocycles. The average Bonchev–Trinajstić information content (AvgIpc) is 3.29. The van der Waals surface area contributed by atoms with Crippen molar-refractivity contribution in [2.24, 2.45) is 28.6 Å². The molecule has 1 N–H and O–H groups in total. The van der Waals surface area contributed by atoms with Crippen molar-refractivity contribution >= 4 is 28.5 Å². The first-order valence-electron chi connectivity index (χ1n) is 11.6. The number of aryl methyl sites for hydroxylation is 1. The summed E-state index contributed by atoms with van der Waals surface area (Å²) in [6.45, 7) is 4.90. The van der Waals surface area contributed by atoms with Crippen LogP contribution in [0.5, 0.6) is 0 Å². The quantitative estimate of drug-likeness (QED) is 0.518. The van der Waals surface area contributed by atoms with Gasteiger partial charge in [0.2, 0.25) is 0 Å². The van der Waals surface area contributed by atoms with Crippen LogP contribution in [0.4, 0.5) is 0 Å². The summed E-state index contributed by atoms with van der Waals surface area (Å²) in [5, 5.41) is 12.6. The number of halogens is 1. The fraction of sp³-hybridized carbons (Fsp3) is 0.577. The van der Waals surface area contributed by atoms with Crippen LogP contribution in [0.2, 0.25) is 5.02 Å². The predicted molar refractivity (Wildman–Crippen MR) is 125 cm³/mol. The van der Waals surface area contributed by atoms with E-state index in [1.54, 1.807) is 5.57 Å². The van der Waals surface area contributed by atoms with Gasteiger partial charge < -0.3 is 5.11 Å². The topological polar surface area (TPSA) is 33.1 Å². The molecule has 1 aromatic carbocycles. The Balaban J connectivity index is 1.40. The van der Waals surface area contributed by atoms with Gasteiger partial charge in [0.05, 0.1) is 21.7 Å². The van der Waals surface area contributed by atoms with E-state index in [4.69, 9.17) is 16.6 Å². The number of allylic oxidation sites excluding steroid dienone is 2. The molecule has 6 rings (SSSR count). The van der Waals surface area contributed by atoms with Crippen LogP contribution in [-0.2, 0) is 6.42 Å². The lowest BCUT2D eigenvalue weighted by atomic mass is 9.48. The molecule has 158 valence electrons. The van der Waals surface area contributed by atoms with Crippen LogP contribution < -0.4 is 0 Å². The molecule has 2 nitrogen and oxygen atoms in total. The van der Waals surface area contributed by atoms with Gasteiger partial charge in [-0.05, 0) is 85.2 Å². The Morgan fingerprint density at radius 3 is 2.77 bits per heavy atom. The Morgan fingerprint density at radius 1 is 1.10 bits per heavy atom. The molecule has 6 atom stereocenters. The van der Waals surface area contributed by atoms with E-state index in [1.165, 1.54) is 42.7 Å². The molecule has 1 aromatic heterocycles. The molecule has 0 radical (unpaired) electrons. The predicted octanol–water partition coefficient (Wildman–Crippen LogP) is 7.01. The third-order valence-corrected chi connectivity index (χ3v) is 10.8. The van der Waals surface area contributed by atoms with E-state index in [0.29, 0.717) is 5.92 Å². The molecule has 2 aromatic rings. The standard InChI is InChI=1S/C26H30ClNOS/c1-25-14-12-21-23(30-24(28-21)16-5-3-4-6-20(16)27)19(25)8-7-15-17-9-10-22(29)26(17,2)13-11-18(15)25/h3-6,8,15,17-18,22,29H,7,9-14H2,1-2H3/t15-,17-,18-,22?,25+,26-/m0/s1. The van der Waals surface area contributed by atoms with Crippen molar-refractivity contribution in [3.05, 3.63) is 45.9 Å². The highest BCUT2D eigenvalue weighted by Crippen LogP contribution is 2.66. The number of aliphatic hydroxyl groups excluding tert-OH is 1. The van der Waals surface area contributed by atoms with Crippen LogP contribution in [0.3, 0.4) is 0 Å². The molecule has 0 aliphatic heterocycles. The highest BCUT2D eigenvalue weighted by molar-refractivity contribution is 7.16. The van der Waals surface area contributed by atoms with Crippen molar-refractivity contribution in [1.29, 1.82) is 0 Å². The number of nitrogens with zero attached hydrogens (tertiary/aromatic N) is 1. The fourth-order valence-electron chi connectivity index (χ4n) is 7.60. The maximum absolute atomic E-state index is 10.7. The van der Waals surface area contributed by atoms with Crippen molar-refractivity contribution in [3.63, 3.8) is 0 Å². The van der Waals surface area contributed by atoms with E-state index < -0.39 is 0 Å². The Hall–Kier alpha value is -1.16. The van der Waals surface area contributed by atoms with Gasteiger partial charge in [-0.3, -0.25) is 0 Å². The van der Waals surface area contributed by atoms with E-state index in [-0.39, 0.29) is 16.9 Å². The van der Waals surface area contributed by atoms with E-state index in [2.05, 4.69) is 26.0 Å². The minimum atomic E-state index is -0.0979. The third-order valence-electron chi connectivity index (χ3n) is 9.34. The summed E-state index contributed by atoms with van der Waals surface area (Å²) in [7, 11) is 0. The number of aromatic nitrogens is 1. The normalized spacial score (nSPS) is 39.5. The zero-order chi connectivity index (χ0) is 20.7. The number of benzene rings is 1. The highest BCUT2D eigenvalue weighted by Gasteiger charge is 2.58. The van der Waals surface area contributed by atoms with Crippen molar-refractivity contribution in [3.8, 4) is 10.6 Å². The van der Waals surface area contributed by atoms with Crippen LogP contribution in [0, 0.1) is 28.6 Å². The largest absolute Gasteiger partial charge is 0.393 e. The Morgan fingerprint density at radius 2 is 1.93 bits per heavy atom. The average molecular weight is 440 g/mol. The number of fused-ring (bicyclic) bond motifs is 7. The molecule has 4 heteroatoms. The third kappa shape index (κ3) is 2.55. The monoisotopic (exact) mass is 439 g/mol. The molecule has 4 aliphatic rings. The van der Waals surface area contributed by atoms with E-state index >= 15 is 0 Å². The first-order chi connectivity index (χ1) is 14.4. The summed E-state index contributed by atoms with van der Waals surface area (Å²) in [6, 6.07) is 8.08. The first-order valence-corrected chi connectivity index (χ1v) is 12.7. The lowest BCUT2D eigenvalue weighted by Crippen LogP contribution is -2.50. The second-order valence-electron chi connectivity index (χ2n) is 10.6. The molecule has 1 unspecified atom stereocenters. The summed E-state index contributed by atoms with van der Waals surface area (Å²) in [5.41, 5.74) is 4.28. The summed E-state index contributed by atoms with van der Waals surface area (Å²) >= 11 is 8.33. The highest BCUT2D eigenvalue weighted by atomic mass is 35.5. The summed E-state index contributed by atoms with van der Waals surface area (Å²) in [5.74, 6) is 2.15. The van der Waals surface area contributed by atoms with E-state index in [0.717, 1.165) is 40.3 Å². The van der Waals surface area contributed by atoms with Gasteiger partial charge in [-0.2, -0.15) is 0 Å². The minimum absolute atomic E-state index is 0.0979. The Kier molecular flexibility index (Phi) is 4.34. The van der Waals surface area contributed by atoms with Crippen LogP contribution >= 0.6 is 22.9 Å². The molecule has 4 aliphatic carbocycles. The van der Waals surface area contributed by atoms with Crippen molar-refractivity contribution < 1.29 is 5.11 Å². The maximum atomic E-state index is 10.7. The number of hydrogen-bond acceptors (Lipinski definition) is 3. The summed E-state index contributed by atoms with van der Waals surface area (Å²) in [6.07, 6.45) is 10.5. The number of rotatable bonds is 1. The summed E-state index contributed by atoms with van der Waals surface area (Å²) in [4.78, 5) is 6.46. The van der Waals surface area contributed by atoms with Gasteiger partial charge in [0, 0.05) is 5.56 Å². The van der Waals surface area contributed by atoms with Crippen molar-refractivity contribution in [2.45, 2.75) is 64.9 Å². The molecule has 0 amide bonds.